The van der Waals surface area contributed by atoms with E-state index in [9.17, 15) is 4.79 Å². The topological polar surface area (TPSA) is 75.3 Å². The summed E-state index contributed by atoms with van der Waals surface area (Å²) in [6.45, 7) is 8.15. The third kappa shape index (κ3) is 6.74. The molecule has 0 aliphatic heterocycles. The quantitative estimate of drug-likeness (QED) is 0.722. The minimum atomic E-state index is -0.320. The Morgan fingerprint density at radius 1 is 1.38 bits per heavy atom. The molecule has 1 amide bonds. The molecule has 0 fully saturated rings. The minimum absolute atomic E-state index is 0.0512. The van der Waals surface area contributed by atoms with Crippen molar-refractivity contribution in [1.29, 1.82) is 0 Å². The van der Waals surface area contributed by atoms with Crippen molar-refractivity contribution in [3.63, 3.8) is 0 Å². The molecule has 0 heterocycles. The summed E-state index contributed by atoms with van der Waals surface area (Å²) < 4.78 is 0. The Morgan fingerprint density at radius 2 is 2.05 bits per heavy atom. The van der Waals surface area contributed by atoms with Gasteiger partial charge in [-0.1, -0.05) is 26.0 Å². The van der Waals surface area contributed by atoms with E-state index in [-0.39, 0.29) is 24.1 Å². The van der Waals surface area contributed by atoms with Crippen molar-refractivity contribution >= 4 is 5.91 Å². The van der Waals surface area contributed by atoms with Crippen molar-refractivity contribution in [2.75, 3.05) is 0 Å². The van der Waals surface area contributed by atoms with Crippen molar-refractivity contribution < 1.29 is 9.90 Å². The lowest BCUT2D eigenvalue weighted by Crippen LogP contribution is -2.44. The van der Waals surface area contributed by atoms with E-state index in [0.29, 0.717) is 11.5 Å². The lowest BCUT2D eigenvalue weighted by molar-refractivity contribution is 0.0925. The van der Waals surface area contributed by atoms with Crippen LogP contribution in [0.4, 0.5) is 0 Å². The fourth-order valence-corrected chi connectivity index (χ4v) is 2.48. The number of carbonyl (C=O) groups is 1. The maximum Gasteiger partial charge on any atom is 0.251 e. The molecule has 0 spiro atoms. The number of hydrogen-bond donors (Lipinski definition) is 3. The zero-order chi connectivity index (χ0) is 16.0. The molecular formula is C17H28N2O2. The van der Waals surface area contributed by atoms with E-state index in [0.717, 1.165) is 18.4 Å². The summed E-state index contributed by atoms with van der Waals surface area (Å²) in [5.74, 6) is 0.377. The predicted molar refractivity (Wildman–Crippen MR) is 86.0 cm³/mol. The van der Waals surface area contributed by atoms with Crippen molar-refractivity contribution in [2.45, 2.75) is 58.7 Å². The van der Waals surface area contributed by atoms with Crippen molar-refractivity contribution in [3.8, 4) is 0 Å². The molecule has 1 rings (SSSR count). The Kier molecular flexibility index (Phi) is 6.37. The highest BCUT2D eigenvalue weighted by Crippen LogP contribution is 2.16. The van der Waals surface area contributed by atoms with Gasteiger partial charge in [-0.3, -0.25) is 4.79 Å². The zero-order valence-corrected chi connectivity index (χ0v) is 13.5. The highest BCUT2D eigenvalue weighted by atomic mass is 16.3. The summed E-state index contributed by atoms with van der Waals surface area (Å²) in [4.78, 5) is 12.4. The second kappa shape index (κ2) is 7.57. The number of hydrogen-bond acceptors (Lipinski definition) is 3. The molecule has 0 radical (unpaired) electrons. The van der Waals surface area contributed by atoms with E-state index in [1.54, 1.807) is 24.3 Å². The largest absolute Gasteiger partial charge is 0.392 e. The lowest BCUT2D eigenvalue weighted by atomic mass is 9.91. The van der Waals surface area contributed by atoms with Gasteiger partial charge in [-0.15, -0.1) is 0 Å². The first kappa shape index (κ1) is 17.7. The second-order valence-corrected chi connectivity index (χ2v) is 6.85. The van der Waals surface area contributed by atoms with Crippen LogP contribution in [-0.4, -0.2) is 22.6 Å². The van der Waals surface area contributed by atoms with Gasteiger partial charge in [0.05, 0.1) is 6.61 Å². The average Bonchev–Trinajstić information content (AvgIpc) is 2.35. The molecule has 1 unspecified atom stereocenters. The molecule has 118 valence electrons. The molecule has 1 aromatic rings. The first-order valence-electron chi connectivity index (χ1n) is 7.51. The Bertz CT molecular complexity index is 464. The van der Waals surface area contributed by atoms with Gasteiger partial charge in [0.25, 0.3) is 5.91 Å². The normalized spacial score (nSPS) is 13.3. The molecule has 1 atom stereocenters. The maximum atomic E-state index is 12.4. The van der Waals surface area contributed by atoms with Crippen LogP contribution in [0.5, 0.6) is 0 Å². The summed E-state index contributed by atoms with van der Waals surface area (Å²) in [7, 11) is 0. The summed E-state index contributed by atoms with van der Waals surface area (Å²) in [6.07, 6.45) is 1.63. The van der Waals surface area contributed by atoms with Crippen LogP contribution in [0.15, 0.2) is 24.3 Å². The van der Waals surface area contributed by atoms with Crippen LogP contribution in [0, 0.1) is 5.92 Å². The van der Waals surface area contributed by atoms with Crippen molar-refractivity contribution in [2.24, 2.45) is 11.7 Å². The molecule has 0 aliphatic rings. The smallest absolute Gasteiger partial charge is 0.251 e. The fraction of sp³-hybridized carbons (Fsp3) is 0.588. The molecule has 0 aliphatic carbocycles. The number of nitrogens with two attached hydrogens (primary N) is 1. The predicted octanol–water partition coefficient (Wildman–Crippen LogP) is 2.45. The van der Waals surface area contributed by atoms with Gasteiger partial charge < -0.3 is 16.2 Å². The Balaban J connectivity index is 2.79. The fourth-order valence-electron chi connectivity index (χ4n) is 2.48. The second-order valence-electron chi connectivity index (χ2n) is 6.85. The summed E-state index contributed by atoms with van der Waals surface area (Å²) in [5, 5.41) is 12.2. The van der Waals surface area contributed by atoms with Crippen LogP contribution < -0.4 is 11.1 Å². The van der Waals surface area contributed by atoms with Gasteiger partial charge in [0.15, 0.2) is 0 Å². The van der Waals surface area contributed by atoms with Crippen molar-refractivity contribution in [1.82, 2.24) is 5.32 Å². The van der Waals surface area contributed by atoms with E-state index in [2.05, 4.69) is 19.2 Å². The zero-order valence-electron chi connectivity index (χ0n) is 13.5. The van der Waals surface area contributed by atoms with Crippen LogP contribution in [-0.2, 0) is 6.61 Å². The molecule has 0 bridgehead atoms. The van der Waals surface area contributed by atoms with Crippen LogP contribution >= 0.6 is 0 Å². The molecule has 21 heavy (non-hydrogen) atoms. The average molecular weight is 292 g/mol. The molecule has 0 aromatic heterocycles. The number of aliphatic hydroxyl groups is 1. The van der Waals surface area contributed by atoms with Crippen LogP contribution in [0.3, 0.4) is 0 Å². The summed E-state index contributed by atoms with van der Waals surface area (Å²) in [5.41, 5.74) is 7.08. The van der Waals surface area contributed by atoms with Crippen molar-refractivity contribution in [3.05, 3.63) is 35.4 Å². The van der Waals surface area contributed by atoms with Gasteiger partial charge in [0, 0.05) is 17.1 Å². The highest BCUT2D eigenvalue weighted by molar-refractivity contribution is 5.94. The van der Waals surface area contributed by atoms with Gasteiger partial charge in [-0.05, 0) is 50.3 Å². The summed E-state index contributed by atoms with van der Waals surface area (Å²) in [6, 6.07) is 7.11. The monoisotopic (exact) mass is 292 g/mol. The van der Waals surface area contributed by atoms with Gasteiger partial charge in [0.1, 0.15) is 0 Å². The standard InChI is InChI=1S/C17H28N2O2/c1-12(2)8-15(10-17(3,4)18)19-16(21)14-7-5-6-13(9-14)11-20/h5-7,9,12,15,20H,8,10-11,18H2,1-4H3,(H,19,21). The molecule has 4 nitrogen and oxygen atoms in total. The minimum Gasteiger partial charge on any atom is -0.392 e. The molecule has 0 saturated carbocycles. The van der Waals surface area contributed by atoms with E-state index in [1.807, 2.05) is 13.8 Å². The Morgan fingerprint density at radius 3 is 2.57 bits per heavy atom. The van der Waals surface area contributed by atoms with E-state index in [4.69, 9.17) is 10.8 Å². The van der Waals surface area contributed by atoms with Gasteiger partial charge in [0.2, 0.25) is 0 Å². The Hall–Kier alpha value is -1.39. The first-order valence-corrected chi connectivity index (χ1v) is 7.51. The van der Waals surface area contributed by atoms with Crippen LogP contribution in [0.25, 0.3) is 0 Å². The van der Waals surface area contributed by atoms with Crippen LogP contribution in [0.2, 0.25) is 0 Å². The molecular weight excluding hydrogens is 264 g/mol. The third-order valence-electron chi connectivity index (χ3n) is 3.24. The number of nitrogens with one attached hydrogen (secondary N) is 1. The van der Waals surface area contributed by atoms with Crippen LogP contribution in [0.1, 0.15) is 56.5 Å². The summed E-state index contributed by atoms with van der Waals surface area (Å²) >= 11 is 0. The number of rotatable bonds is 7. The number of aliphatic hydroxyl groups excluding tert-OH is 1. The number of amides is 1. The number of benzene rings is 1. The van der Waals surface area contributed by atoms with Gasteiger partial charge in [-0.25, -0.2) is 0 Å². The van der Waals surface area contributed by atoms with E-state index < -0.39 is 0 Å². The molecule has 4 N–H and O–H groups in total. The molecule has 4 heteroatoms. The van der Waals surface area contributed by atoms with Gasteiger partial charge >= 0.3 is 0 Å². The first-order chi connectivity index (χ1) is 9.71. The molecule has 0 saturated heterocycles. The molecule has 1 aromatic carbocycles. The van der Waals surface area contributed by atoms with E-state index in [1.165, 1.54) is 0 Å². The highest BCUT2D eigenvalue weighted by Gasteiger charge is 2.22. The maximum absolute atomic E-state index is 12.4. The number of carbonyl (C=O) groups excluding carboxylic acids is 1. The van der Waals surface area contributed by atoms with E-state index >= 15 is 0 Å². The van der Waals surface area contributed by atoms with Gasteiger partial charge in [-0.2, -0.15) is 0 Å². The third-order valence-corrected chi connectivity index (χ3v) is 3.24. The SMILES string of the molecule is CC(C)CC(CC(C)(C)N)NC(=O)c1cccc(CO)c1. The Labute approximate surface area is 127 Å². The lowest BCUT2D eigenvalue weighted by Gasteiger charge is -2.28.